The lowest BCUT2D eigenvalue weighted by atomic mass is 9.95. The van der Waals surface area contributed by atoms with Crippen LogP contribution in [0.4, 0.5) is 0 Å². The number of fused-ring (bicyclic) bond motifs is 14. The summed E-state index contributed by atoms with van der Waals surface area (Å²) < 4.78 is 17.7. The average molecular weight is 804 g/mol. The summed E-state index contributed by atoms with van der Waals surface area (Å²) in [4.78, 5) is 16.1. The van der Waals surface area contributed by atoms with E-state index in [-0.39, 0.29) is 5.41 Å². The first-order valence-electron chi connectivity index (χ1n) is 21.2. The number of furan rings is 2. The Balaban J connectivity index is 1.16. The third kappa shape index (κ3) is 5.21. The fourth-order valence-corrected chi connectivity index (χ4v) is 9.53. The highest BCUT2D eigenvalue weighted by atomic mass is 16.3. The summed E-state index contributed by atoms with van der Waals surface area (Å²) in [6, 6.07) is 50.9. The molecule has 298 valence electrons. The Labute approximate surface area is 356 Å². The Bertz CT molecular complexity index is 3880. The van der Waals surface area contributed by atoms with Crippen molar-refractivity contribution in [1.82, 2.24) is 24.1 Å². The molecule has 7 heteroatoms. The van der Waals surface area contributed by atoms with E-state index < -0.39 is 0 Å². The highest BCUT2D eigenvalue weighted by Crippen LogP contribution is 2.44. The molecule has 0 aliphatic heterocycles. The van der Waals surface area contributed by atoms with Gasteiger partial charge in [-0.3, -0.25) is 0 Å². The Morgan fingerprint density at radius 3 is 1.74 bits per heavy atom. The highest BCUT2D eigenvalue weighted by molar-refractivity contribution is 6.26. The Hall–Kier alpha value is -7.77. The Morgan fingerprint density at radius 1 is 0.532 bits per heavy atom. The van der Waals surface area contributed by atoms with Crippen LogP contribution in [0.15, 0.2) is 167 Å². The largest absolute Gasteiger partial charge is 0.456 e. The summed E-state index contributed by atoms with van der Waals surface area (Å²) in [5.41, 5.74) is 11.2. The lowest BCUT2D eigenvalue weighted by Crippen LogP contribution is -2.19. The molecule has 0 aliphatic rings. The molecule has 0 fully saturated rings. The summed E-state index contributed by atoms with van der Waals surface area (Å²) in [6.07, 6.45) is 4.27. The minimum atomic E-state index is -0.383. The first kappa shape index (κ1) is 36.1. The van der Waals surface area contributed by atoms with Crippen LogP contribution < -0.4 is 0 Å². The van der Waals surface area contributed by atoms with Gasteiger partial charge in [0.1, 0.15) is 28.2 Å². The molecule has 0 spiro atoms. The van der Waals surface area contributed by atoms with Crippen LogP contribution in [0.5, 0.6) is 0 Å². The van der Waals surface area contributed by atoms with Crippen molar-refractivity contribution in [3.8, 4) is 17.1 Å². The first-order valence-corrected chi connectivity index (χ1v) is 21.2. The van der Waals surface area contributed by atoms with Crippen molar-refractivity contribution in [1.29, 1.82) is 0 Å². The second-order valence-corrected chi connectivity index (χ2v) is 17.2. The molecular formula is C55H41N5O2. The van der Waals surface area contributed by atoms with Crippen LogP contribution in [0.25, 0.3) is 116 Å². The van der Waals surface area contributed by atoms with Crippen LogP contribution in [0, 0.1) is 0 Å². The van der Waals surface area contributed by atoms with Gasteiger partial charge in [0.15, 0.2) is 11.6 Å². The van der Waals surface area contributed by atoms with E-state index in [1.165, 1.54) is 0 Å². The maximum absolute atomic E-state index is 6.46. The number of allylic oxidation sites excluding steroid dienone is 4. The average Bonchev–Trinajstić information content (AvgIpc) is 4.05. The zero-order chi connectivity index (χ0) is 41.9. The number of hydrogen-bond donors (Lipinski definition) is 0. The minimum absolute atomic E-state index is 0.383. The highest BCUT2D eigenvalue weighted by Gasteiger charge is 2.26. The van der Waals surface area contributed by atoms with E-state index in [4.69, 9.17) is 23.8 Å². The quantitative estimate of drug-likeness (QED) is 0.162. The van der Waals surface area contributed by atoms with Crippen LogP contribution >= 0.6 is 0 Å². The molecule has 0 atom stereocenters. The van der Waals surface area contributed by atoms with Crippen LogP contribution in [-0.4, -0.2) is 24.1 Å². The number of para-hydroxylation sites is 5. The number of benzene rings is 7. The van der Waals surface area contributed by atoms with E-state index in [0.29, 0.717) is 17.5 Å². The summed E-state index contributed by atoms with van der Waals surface area (Å²) in [7, 11) is 0. The third-order valence-corrected chi connectivity index (χ3v) is 12.3. The maximum Gasteiger partial charge on any atom is 0.165 e. The van der Waals surface area contributed by atoms with Crippen molar-refractivity contribution in [2.24, 2.45) is 0 Å². The number of nitrogens with zero attached hydrogens (tertiary/aromatic N) is 5. The van der Waals surface area contributed by atoms with Gasteiger partial charge in [-0.15, -0.1) is 0 Å². The van der Waals surface area contributed by atoms with Gasteiger partial charge in [0.05, 0.1) is 44.2 Å². The van der Waals surface area contributed by atoms with Gasteiger partial charge < -0.3 is 18.0 Å². The van der Waals surface area contributed by atoms with Gasteiger partial charge in [-0.1, -0.05) is 112 Å². The zero-order valence-electron chi connectivity index (χ0n) is 35.1. The van der Waals surface area contributed by atoms with Gasteiger partial charge in [-0.05, 0) is 80.6 Å². The first-order chi connectivity index (χ1) is 30.3. The lowest BCUT2D eigenvalue weighted by Gasteiger charge is -2.20. The summed E-state index contributed by atoms with van der Waals surface area (Å²) in [5.74, 6) is 1.93. The third-order valence-electron chi connectivity index (χ3n) is 12.3. The molecule has 0 radical (unpaired) electrons. The summed E-state index contributed by atoms with van der Waals surface area (Å²) in [5, 5.41) is 8.95. The standard InChI is InChI=1S/C55H41N5O2/c1-6-17-40(59-41-23-12-7-18-33(41)35-28-30-46-48(50(35)59)38-21-10-15-26-44(38)61-46)32(2)52-56-53(58-54(57-52)55(3,4)5)37-20-9-14-25-43(37)60-42-24-13-8-19-34(42)36-29-31-47-49(51(36)60)39-22-11-16-27-45(39)62-47/h6-31H,1-5H3/b17-6-,40-32-. The van der Waals surface area contributed by atoms with Crippen molar-refractivity contribution in [2.45, 2.75) is 40.0 Å². The van der Waals surface area contributed by atoms with E-state index in [2.05, 4.69) is 177 Å². The minimum Gasteiger partial charge on any atom is -0.456 e. The topological polar surface area (TPSA) is 74.8 Å². The molecule has 5 heterocycles. The molecule has 0 amide bonds. The van der Waals surface area contributed by atoms with Gasteiger partial charge in [-0.2, -0.15) is 0 Å². The molecule has 0 N–H and O–H groups in total. The van der Waals surface area contributed by atoms with Crippen molar-refractivity contribution < 1.29 is 8.83 Å². The van der Waals surface area contributed by atoms with E-state index in [0.717, 1.165) is 110 Å². The monoisotopic (exact) mass is 803 g/mol. The van der Waals surface area contributed by atoms with Gasteiger partial charge in [0.25, 0.3) is 0 Å². The maximum atomic E-state index is 6.46. The molecule has 0 saturated heterocycles. The molecule has 7 aromatic carbocycles. The Kier molecular flexibility index (Phi) is 7.79. The molecule has 0 bridgehead atoms. The van der Waals surface area contributed by atoms with E-state index in [1.54, 1.807) is 0 Å². The molecule has 5 aromatic heterocycles. The van der Waals surface area contributed by atoms with Crippen LogP contribution in [0.1, 0.15) is 46.3 Å². The molecule has 62 heavy (non-hydrogen) atoms. The fourth-order valence-electron chi connectivity index (χ4n) is 9.53. The van der Waals surface area contributed by atoms with Crippen LogP contribution in [-0.2, 0) is 5.41 Å². The van der Waals surface area contributed by atoms with Crippen molar-refractivity contribution >= 4 is 98.8 Å². The molecule has 12 aromatic rings. The lowest BCUT2D eigenvalue weighted by molar-refractivity contribution is 0.541. The van der Waals surface area contributed by atoms with Gasteiger partial charge >= 0.3 is 0 Å². The van der Waals surface area contributed by atoms with Gasteiger partial charge in [0, 0.05) is 48.9 Å². The second-order valence-electron chi connectivity index (χ2n) is 17.2. The molecule has 12 rings (SSSR count). The molecule has 0 aliphatic carbocycles. The number of rotatable bonds is 5. The predicted molar refractivity (Wildman–Crippen MR) is 256 cm³/mol. The fraction of sp³-hybridized carbons (Fsp3) is 0.109. The molecule has 7 nitrogen and oxygen atoms in total. The van der Waals surface area contributed by atoms with Crippen molar-refractivity contribution in [3.05, 3.63) is 169 Å². The van der Waals surface area contributed by atoms with Crippen molar-refractivity contribution in [3.63, 3.8) is 0 Å². The summed E-state index contributed by atoms with van der Waals surface area (Å²) >= 11 is 0. The van der Waals surface area contributed by atoms with Gasteiger partial charge in [0.2, 0.25) is 0 Å². The van der Waals surface area contributed by atoms with E-state index in [1.807, 2.05) is 24.3 Å². The van der Waals surface area contributed by atoms with Gasteiger partial charge in [-0.25, -0.2) is 15.0 Å². The van der Waals surface area contributed by atoms with Crippen LogP contribution in [0.2, 0.25) is 0 Å². The second kappa shape index (κ2) is 13.4. The number of aromatic nitrogens is 5. The normalized spacial score (nSPS) is 13.1. The smallest absolute Gasteiger partial charge is 0.165 e. The summed E-state index contributed by atoms with van der Waals surface area (Å²) in [6.45, 7) is 10.7. The Morgan fingerprint density at radius 2 is 1.08 bits per heavy atom. The van der Waals surface area contributed by atoms with E-state index in [9.17, 15) is 0 Å². The van der Waals surface area contributed by atoms with Crippen LogP contribution in [0.3, 0.4) is 0 Å². The zero-order valence-corrected chi connectivity index (χ0v) is 35.1. The predicted octanol–water partition coefficient (Wildman–Crippen LogP) is 14.8. The number of hydrogen-bond acceptors (Lipinski definition) is 5. The molecule has 0 saturated carbocycles. The molecular weight excluding hydrogens is 763 g/mol. The van der Waals surface area contributed by atoms with E-state index >= 15 is 0 Å². The molecule has 0 unspecified atom stereocenters. The van der Waals surface area contributed by atoms with Crippen molar-refractivity contribution in [2.75, 3.05) is 0 Å². The SMILES string of the molecule is C/C=C\C(=C(/C)c1nc(-c2ccccc2-n2c3ccccc3c3ccc4oc5ccccc5c4c32)nc(C(C)(C)C)n1)n1c2ccccc2c2ccc3oc4ccccc4c3c21.